The van der Waals surface area contributed by atoms with Crippen molar-refractivity contribution >= 4 is 10.0 Å². The molecule has 0 aliphatic carbocycles. The van der Waals surface area contributed by atoms with Gasteiger partial charge in [-0.05, 0) is 51.6 Å². The second kappa shape index (κ2) is 7.73. The lowest BCUT2D eigenvalue weighted by molar-refractivity contribution is 0.267. The lowest BCUT2D eigenvalue weighted by atomic mass is 10.0. The van der Waals surface area contributed by atoms with Gasteiger partial charge in [-0.3, -0.25) is 0 Å². The summed E-state index contributed by atoms with van der Waals surface area (Å²) >= 11 is 0. The Morgan fingerprint density at radius 2 is 1.80 bits per heavy atom. The standard InChI is InChI=1S/C14H29N3O2S/c1-2-12-20(18,19)17-10-6-14(7-11-17)16-13-4-3-8-15-9-5-13/h13-16H,2-12H2,1H3. The normalized spacial score (nSPS) is 27.4. The number of piperidine rings is 1. The molecule has 20 heavy (non-hydrogen) atoms. The van der Waals surface area contributed by atoms with E-state index in [2.05, 4.69) is 10.6 Å². The van der Waals surface area contributed by atoms with Gasteiger partial charge in [0.25, 0.3) is 0 Å². The van der Waals surface area contributed by atoms with Gasteiger partial charge in [-0.25, -0.2) is 12.7 Å². The summed E-state index contributed by atoms with van der Waals surface area (Å²) in [6.07, 6.45) is 6.27. The number of hydrogen-bond acceptors (Lipinski definition) is 4. The Hall–Kier alpha value is -0.170. The van der Waals surface area contributed by atoms with Crippen LogP contribution in [0.25, 0.3) is 0 Å². The second-order valence-corrected chi connectivity index (χ2v) is 8.12. The van der Waals surface area contributed by atoms with Crippen molar-refractivity contribution in [2.24, 2.45) is 0 Å². The van der Waals surface area contributed by atoms with Gasteiger partial charge < -0.3 is 10.6 Å². The molecule has 0 radical (unpaired) electrons. The molecule has 0 aromatic carbocycles. The molecule has 6 heteroatoms. The molecule has 5 nitrogen and oxygen atoms in total. The molecule has 2 N–H and O–H groups in total. The first-order chi connectivity index (χ1) is 9.62. The quantitative estimate of drug-likeness (QED) is 0.793. The summed E-state index contributed by atoms with van der Waals surface area (Å²) in [5.74, 6) is 0.291. The number of hydrogen-bond donors (Lipinski definition) is 2. The SMILES string of the molecule is CCCS(=O)(=O)N1CCC(NC2CCCNCC2)CC1. The van der Waals surface area contributed by atoms with E-state index in [-0.39, 0.29) is 0 Å². The van der Waals surface area contributed by atoms with Gasteiger partial charge in [-0.1, -0.05) is 6.92 Å². The third-order valence-corrected chi connectivity index (χ3v) is 6.43. The Morgan fingerprint density at radius 3 is 2.50 bits per heavy atom. The molecule has 0 aromatic rings. The Balaban J connectivity index is 1.76. The average Bonchev–Trinajstić information content (AvgIpc) is 2.68. The van der Waals surface area contributed by atoms with E-state index in [1.54, 1.807) is 4.31 Å². The third-order valence-electron chi connectivity index (χ3n) is 4.36. The first-order valence-corrected chi connectivity index (χ1v) is 9.67. The summed E-state index contributed by atoms with van der Waals surface area (Å²) in [6.45, 7) is 5.52. The van der Waals surface area contributed by atoms with Crippen LogP contribution in [0.1, 0.15) is 45.4 Å². The predicted octanol–water partition coefficient (Wildman–Crippen LogP) is 0.922. The molecule has 0 bridgehead atoms. The summed E-state index contributed by atoms with van der Waals surface area (Å²) in [7, 11) is -3.00. The third kappa shape index (κ3) is 4.69. The van der Waals surface area contributed by atoms with E-state index in [9.17, 15) is 8.42 Å². The summed E-state index contributed by atoms with van der Waals surface area (Å²) in [5.41, 5.74) is 0. The van der Waals surface area contributed by atoms with E-state index >= 15 is 0 Å². The van der Waals surface area contributed by atoms with Crippen molar-refractivity contribution in [3.05, 3.63) is 0 Å². The molecule has 2 saturated heterocycles. The molecule has 0 aromatic heterocycles. The minimum atomic E-state index is -3.00. The Labute approximate surface area is 123 Å². The highest BCUT2D eigenvalue weighted by atomic mass is 32.2. The summed E-state index contributed by atoms with van der Waals surface area (Å²) in [5, 5.41) is 7.17. The molecule has 2 aliphatic heterocycles. The van der Waals surface area contributed by atoms with Crippen molar-refractivity contribution in [1.82, 2.24) is 14.9 Å². The van der Waals surface area contributed by atoms with Gasteiger partial charge in [-0.2, -0.15) is 0 Å². The Morgan fingerprint density at radius 1 is 1.10 bits per heavy atom. The Kier molecular flexibility index (Phi) is 6.26. The van der Waals surface area contributed by atoms with Crippen LogP contribution in [0.4, 0.5) is 0 Å². The monoisotopic (exact) mass is 303 g/mol. The maximum atomic E-state index is 12.0. The number of sulfonamides is 1. The molecular formula is C14H29N3O2S. The molecule has 0 saturated carbocycles. The highest BCUT2D eigenvalue weighted by Gasteiger charge is 2.28. The minimum absolute atomic E-state index is 0.291. The van der Waals surface area contributed by atoms with E-state index in [1.165, 1.54) is 19.3 Å². The fourth-order valence-corrected chi connectivity index (χ4v) is 4.75. The van der Waals surface area contributed by atoms with Gasteiger partial charge in [0.1, 0.15) is 0 Å². The van der Waals surface area contributed by atoms with Gasteiger partial charge >= 0.3 is 0 Å². The molecule has 1 atom stereocenters. The molecule has 2 heterocycles. The van der Waals surface area contributed by atoms with Gasteiger partial charge in [0.05, 0.1) is 5.75 Å². The van der Waals surface area contributed by atoms with Crippen LogP contribution in [0.2, 0.25) is 0 Å². The lowest BCUT2D eigenvalue weighted by Crippen LogP contribution is -2.48. The van der Waals surface area contributed by atoms with Crippen LogP contribution < -0.4 is 10.6 Å². The smallest absolute Gasteiger partial charge is 0.214 e. The molecule has 0 amide bonds. The Bertz CT molecular complexity index is 370. The fraction of sp³-hybridized carbons (Fsp3) is 1.00. The largest absolute Gasteiger partial charge is 0.317 e. The number of nitrogens with one attached hydrogen (secondary N) is 2. The maximum Gasteiger partial charge on any atom is 0.214 e. The summed E-state index contributed by atoms with van der Waals surface area (Å²) in [4.78, 5) is 0. The van der Waals surface area contributed by atoms with Crippen molar-refractivity contribution in [1.29, 1.82) is 0 Å². The van der Waals surface area contributed by atoms with Crippen LogP contribution in [0.5, 0.6) is 0 Å². The summed E-state index contributed by atoms with van der Waals surface area (Å²) in [6, 6.07) is 1.10. The van der Waals surface area contributed by atoms with E-state index in [0.717, 1.165) is 25.9 Å². The highest BCUT2D eigenvalue weighted by Crippen LogP contribution is 2.17. The van der Waals surface area contributed by atoms with E-state index < -0.39 is 10.0 Å². The van der Waals surface area contributed by atoms with Crippen LogP contribution >= 0.6 is 0 Å². The molecule has 0 spiro atoms. The minimum Gasteiger partial charge on any atom is -0.317 e. The number of rotatable bonds is 5. The second-order valence-electron chi connectivity index (χ2n) is 6.03. The van der Waals surface area contributed by atoms with Crippen LogP contribution in [0, 0.1) is 0 Å². The predicted molar refractivity (Wildman–Crippen MR) is 82.3 cm³/mol. The zero-order chi connectivity index (χ0) is 14.4. The maximum absolute atomic E-state index is 12.0. The molecule has 2 fully saturated rings. The zero-order valence-electron chi connectivity index (χ0n) is 12.6. The molecule has 118 valence electrons. The van der Waals surface area contributed by atoms with Crippen LogP contribution in [0.15, 0.2) is 0 Å². The molecule has 2 rings (SSSR count). The first kappa shape index (κ1) is 16.2. The molecule has 1 unspecified atom stereocenters. The van der Waals surface area contributed by atoms with Gasteiger partial charge in [0.2, 0.25) is 10.0 Å². The highest BCUT2D eigenvalue weighted by molar-refractivity contribution is 7.89. The van der Waals surface area contributed by atoms with Gasteiger partial charge in [-0.15, -0.1) is 0 Å². The lowest BCUT2D eigenvalue weighted by Gasteiger charge is -2.33. The van der Waals surface area contributed by atoms with Crippen molar-refractivity contribution in [2.75, 3.05) is 31.9 Å². The zero-order valence-corrected chi connectivity index (χ0v) is 13.4. The van der Waals surface area contributed by atoms with Crippen LogP contribution in [-0.4, -0.2) is 56.7 Å². The first-order valence-electron chi connectivity index (χ1n) is 8.06. The van der Waals surface area contributed by atoms with Crippen molar-refractivity contribution in [3.63, 3.8) is 0 Å². The fourth-order valence-electron chi connectivity index (χ4n) is 3.21. The van der Waals surface area contributed by atoms with Crippen molar-refractivity contribution in [2.45, 2.75) is 57.5 Å². The van der Waals surface area contributed by atoms with Crippen LogP contribution in [-0.2, 0) is 10.0 Å². The van der Waals surface area contributed by atoms with Crippen LogP contribution in [0.3, 0.4) is 0 Å². The van der Waals surface area contributed by atoms with Crippen molar-refractivity contribution in [3.8, 4) is 0 Å². The van der Waals surface area contributed by atoms with Gasteiger partial charge in [0.15, 0.2) is 0 Å². The molecule has 2 aliphatic rings. The topological polar surface area (TPSA) is 61.4 Å². The number of nitrogens with zero attached hydrogens (tertiary/aromatic N) is 1. The van der Waals surface area contributed by atoms with Crippen molar-refractivity contribution < 1.29 is 8.42 Å². The van der Waals surface area contributed by atoms with E-state index in [1.807, 2.05) is 6.92 Å². The van der Waals surface area contributed by atoms with E-state index in [0.29, 0.717) is 37.3 Å². The van der Waals surface area contributed by atoms with E-state index in [4.69, 9.17) is 0 Å². The molecular weight excluding hydrogens is 274 g/mol. The van der Waals surface area contributed by atoms with Gasteiger partial charge in [0, 0.05) is 25.2 Å². The average molecular weight is 303 g/mol. The summed E-state index contributed by atoms with van der Waals surface area (Å²) < 4.78 is 25.7.